The Morgan fingerprint density at radius 2 is 1.95 bits per heavy atom. The zero-order chi connectivity index (χ0) is 15.5. The summed E-state index contributed by atoms with van der Waals surface area (Å²) in [4.78, 5) is 21.8. The quantitative estimate of drug-likeness (QED) is 0.905. The van der Waals surface area contributed by atoms with Gasteiger partial charge in [-0.05, 0) is 32.0 Å². The lowest BCUT2D eigenvalue weighted by atomic mass is 10.1. The summed E-state index contributed by atoms with van der Waals surface area (Å²) in [5, 5.41) is 0. The average molecular weight is 289 g/mol. The first kappa shape index (κ1) is 16.0. The number of nitrogens with two attached hydrogens (primary N) is 1. The molecule has 1 aromatic carbocycles. The van der Waals surface area contributed by atoms with Gasteiger partial charge in [0.2, 0.25) is 5.91 Å². The molecule has 0 aliphatic heterocycles. The van der Waals surface area contributed by atoms with Gasteiger partial charge < -0.3 is 10.5 Å². The fourth-order valence-electron chi connectivity index (χ4n) is 1.67. The van der Waals surface area contributed by atoms with Gasteiger partial charge in [-0.2, -0.15) is 13.2 Å². The van der Waals surface area contributed by atoms with Crippen molar-refractivity contribution < 1.29 is 27.5 Å². The highest BCUT2D eigenvalue weighted by molar-refractivity contribution is 5.93. The van der Waals surface area contributed by atoms with E-state index in [0.29, 0.717) is 6.07 Å². The zero-order valence-corrected chi connectivity index (χ0v) is 11.0. The second-order valence-corrected chi connectivity index (χ2v) is 4.41. The van der Waals surface area contributed by atoms with Crippen LogP contribution in [-0.2, 0) is 11.0 Å². The Balaban J connectivity index is 3.12. The lowest BCUT2D eigenvalue weighted by molar-refractivity contribution is -0.139. The molecule has 1 aromatic rings. The summed E-state index contributed by atoms with van der Waals surface area (Å²) in [6.45, 7) is 2.81. The molecule has 7 heteroatoms. The van der Waals surface area contributed by atoms with Crippen LogP contribution in [0.25, 0.3) is 0 Å². The molecule has 0 saturated carbocycles. The van der Waals surface area contributed by atoms with Crippen LogP contribution in [0.3, 0.4) is 0 Å². The van der Waals surface area contributed by atoms with Crippen molar-refractivity contribution in [1.82, 2.24) is 0 Å². The van der Waals surface area contributed by atoms with Crippen LogP contribution in [0.2, 0.25) is 0 Å². The molecule has 4 nitrogen and oxygen atoms in total. The minimum atomic E-state index is -4.68. The molecule has 0 aliphatic rings. The van der Waals surface area contributed by atoms with Crippen LogP contribution in [0, 0.1) is 0 Å². The third-order valence-electron chi connectivity index (χ3n) is 2.47. The van der Waals surface area contributed by atoms with Crippen molar-refractivity contribution in [3.05, 3.63) is 29.3 Å². The minimum Gasteiger partial charge on any atom is -0.490 e. The summed E-state index contributed by atoms with van der Waals surface area (Å²) in [5.41, 5.74) is 3.60. The number of carbonyl (C=O) groups is 2. The monoisotopic (exact) mass is 289 g/mol. The van der Waals surface area contributed by atoms with Gasteiger partial charge in [-0.15, -0.1) is 0 Å². The van der Waals surface area contributed by atoms with Crippen molar-refractivity contribution in [1.29, 1.82) is 0 Å². The molecule has 110 valence electrons. The Hall–Kier alpha value is -2.05. The van der Waals surface area contributed by atoms with E-state index in [9.17, 15) is 22.8 Å². The van der Waals surface area contributed by atoms with E-state index in [1.807, 2.05) is 0 Å². The van der Waals surface area contributed by atoms with Crippen molar-refractivity contribution >= 4 is 11.7 Å². The maximum absolute atomic E-state index is 12.9. The summed E-state index contributed by atoms with van der Waals surface area (Å²) in [5.74, 6) is -1.59. The SMILES string of the molecule is CC(=O)CC(C)Oc1ccc(C(N)=O)cc1C(F)(F)F. The van der Waals surface area contributed by atoms with Crippen LogP contribution < -0.4 is 10.5 Å². The van der Waals surface area contributed by atoms with Crippen LogP contribution in [-0.4, -0.2) is 17.8 Å². The number of carbonyl (C=O) groups excluding carboxylic acids is 2. The third kappa shape index (κ3) is 4.25. The fraction of sp³-hybridized carbons (Fsp3) is 0.385. The van der Waals surface area contributed by atoms with Gasteiger partial charge in [-0.3, -0.25) is 9.59 Å². The number of primary amides is 1. The van der Waals surface area contributed by atoms with Gasteiger partial charge in [0.15, 0.2) is 0 Å². The van der Waals surface area contributed by atoms with E-state index in [1.54, 1.807) is 0 Å². The van der Waals surface area contributed by atoms with Gasteiger partial charge in [0.25, 0.3) is 0 Å². The predicted octanol–water partition coefficient (Wildman–Crippen LogP) is 2.55. The van der Waals surface area contributed by atoms with E-state index in [2.05, 4.69) is 0 Å². The molecule has 0 aliphatic carbocycles. The highest BCUT2D eigenvalue weighted by atomic mass is 19.4. The van der Waals surface area contributed by atoms with E-state index < -0.39 is 29.5 Å². The van der Waals surface area contributed by atoms with Crippen molar-refractivity contribution in [2.75, 3.05) is 0 Å². The third-order valence-corrected chi connectivity index (χ3v) is 2.47. The molecule has 0 heterocycles. The smallest absolute Gasteiger partial charge is 0.419 e. The van der Waals surface area contributed by atoms with Gasteiger partial charge in [0.1, 0.15) is 17.6 Å². The molecule has 0 bridgehead atoms. The molecule has 0 saturated heterocycles. The van der Waals surface area contributed by atoms with Gasteiger partial charge in [0.05, 0.1) is 5.56 Å². The number of Topliss-reactive ketones (excluding diaryl/α,β-unsaturated/α-hetero) is 1. The van der Waals surface area contributed by atoms with E-state index in [1.165, 1.54) is 13.8 Å². The summed E-state index contributed by atoms with van der Waals surface area (Å²) >= 11 is 0. The maximum Gasteiger partial charge on any atom is 0.419 e. The standard InChI is InChI=1S/C13H14F3NO3/c1-7(18)5-8(2)20-11-4-3-9(12(17)19)6-10(11)13(14,15)16/h3-4,6,8H,5H2,1-2H3,(H2,17,19). The molecule has 1 unspecified atom stereocenters. The van der Waals surface area contributed by atoms with E-state index in [0.717, 1.165) is 12.1 Å². The molecule has 20 heavy (non-hydrogen) atoms. The highest BCUT2D eigenvalue weighted by Gasteiger charge is 2.35. The summed E-state index contributed by atoms with van der Waals surface area (Å²) in [6, 6.07) is 2.81. The first-order chi connectivity index (χ1) is 9.11. The molecule has 1 rings (SSSR count). The molecule has 0 fully saturated rings. The second kappa shape index (κ2) is 5.94. The topological polar surface area (TPSA) is 69.4 Å². The number of hydrogen-bond donors (Lipinski definition) is 1. The largest absolute Gasteiger partial charge is 0.490 e. The first-order valence-corrected chi connectivity index (χ1v) is 5.78. The molecule has 1 amide bonds. The maximum atomic E-state index is 12.9. The molecule has 0 aromatic heterocycles. The Bertz CT molecular complexity index is 526. The van der Waals surface area contributed by atoms with Gasteiger partial charge in [0, 0.05) is 12.0 Å². The summed E-state index contributed by atoms with van der Waals surface area (Å²) < 4.78 is 43.8. The minimum absolute atomic E-state index is 0.00509. The number of benzene rings is 1. The van der Waals surface area contributed by atoms with Crippen LogP contribution in [0.4, 0.5) is 13.2 Å². The number of hydrogen-bond acceptors (Lipinski definition) is 3. The Morgan fingerprint density at radius 3 is 2.40 bits per heavy atom. The Kier molecular flexibility index (Phi) is 4.75. The summed E-state index contributed by atoms with van der Waals surface area (Å²) in [6.07, 6.45) is -5.39. The van der Waals surface area contributed by atoms with E-state index in [-0.39, 0.29) is 17.8 Å². The van der Waals surface area contributed by atoms with Crippen molar-refractivity contribution in [2.24, 2.45) is 5.73 Å². The number of ketones is 1. The molecular weight excluding hydrogens is 275 g/mol. The Labute approximate surface area is 113 Å². The number of alkyl halides is 3. The normalized spacial score (nSPS) is 12.8. The van der Waals surface area contributed by atoms with Crippen LogP contribution >= 0.6 is 0 Å². The zero-order valence-electron chi connectivity index (χ0n) is 11.0. The lowest BCUT2D eigenvalue weighted by Crippen LogP contribution is -2.19. The van der Waals surface area contributed by atoms with Gasteiger partial charge in [-0.25, -0.2) is 0 Å². The average Bonchev–Trinajstić information content (AvgIpc) is 2.26. The number of rotatable bonds is 5. The van der Waals surface area contributed by atoms with Crippen molar-refractivity contribution in [3.8, 4) is 5.75 Å². The number of ether oxygens (including phenoxy) is 1. The number of halogens is 3. The van der Waals surface area contributed by atoms with Crippen LogP contribution in [0.1, 0.15) is 36.2 Å². The number of amides is 1. The lowest BCUT2D eigenvalue weighted by Gasteiger charge is -2.18. The van der Waals surface area contributed by atoms with E-state index in [4.69, 9.17) is 10.5 Å². The predicted molar refractivity (Wildman–Crippen MR) is 65.3 cm³/mol. The van der Waals surface area contributed by atoms with Crippen LogP contribution in [0.5, 0.6) is 5.75 Å². The van der Waals surface area contributed by atoms with Crippen molar-refractivity contribution in [2.45, 2.75) is 32.5 Å². The Morgan fingerprint density at radius 1 is 1.35 bits per heavy atom. The summed E-state index contributed by atoms with van der Waals surface area (Å²) in [7, 11) is 0. The van der Waals surface area contributed by atoms with Gasteiger partial charge >= 0.3 is 6.18 Å². The van der Waals surface area contributed by atoms with E-state index >= 15 is 0 Å². The molecule has 0 spiro atoms. The second-order valence-electron chi connectivity index (χ2n) is 4.41. The van der Waals surface area contributed by atoms with Crippen LogP contribution in [0.15, 0.2) is 18.2 Å². The molecular formula is C13H14F3NO3. The molecule has 0 radical (unpaired) electrons. The molecule has 1 atom stereocenters. The first-order valence-electron chi connectivity index (χ1n) is 5.78. The fourth-order valence-corrected chi connectivity index (χ4v) is 1.67. The highest BCUT2D eigenvalue weighted by Crippen LogP contribution is 2.37. The molecule has 2 N–H and O–H groups in total. The van der Waals surface area contributed by atoms with Gasteiger partial charge in [-0.1, -0.05) is 0 Å². The van der Waals surface area contributed by atoms with Crippen molar-refractivity contribution in [3.63, 3.8) is 0 Å².